The molecule has 1 aromatic heterocycles. The van der Waals surface area contributed by atoms with Crippen molar-refractivity contribution in [3.63, 3.8) is 0 Å². The zero-order chi connectivity index (χ0) is 28.3. The van der Waals surface area contributed by atoms with Crippen molar-refractivity contribution in [3.05, 3.63) is 130 Å². The van der Waals surface area contributed by atoms with E-state index in [0.717, 1.165) is 16.8 Å². The monoisotopic (exact) mass is 543 g/mol. The zero-order valence-electron chi connectivity index (χ0n) is 20.7. The van der Waals surface area contributed by atoms with Gasteiger partial charge in [0.25, 0.3) is 5.56 Å². The minimum Gasteiger partial charge on any atom is -0.488 e. The topological polar surface area (TPSA) is 93.8 Å². The molecule has 0 saturated heterocycles. The summed E-state index contributed by atoms with van der Waals surface area (Å²) in [7, 11) is 0. The number of hydrogen-bond donors (Lipinski definition) is 1. The lowest BCUT2D eigenvalue weighted by atomic mass is 10.1. The first-order chi connectivity index (χ1) is 19.2. The Hall–Kier alpha value is -5.25. The maximum atomic E-state index is 13.4. The number of hydrogen-bond acceptors (Lipinski definition) is 5. The number of para-hydroxylation sites is 2. The van der Waals surface area contributed by atoms with Crippen LogP contribution in [0.4, 0.5) is 13.2 Å². The number of carboxylic acids is 1. The van der Waals surface area contributed by atoms with Gasteiger partial charge in [0.1, 0.15) is 12.4 Å². The fraction of sp³-hybridized carbons (Fsp3) is 0.0667. The fourth-order valence-corrected chi connectivity index (χ4v) is 4.05. The van der Waals surface area contributed by atoms with Crippen molar-refractivity contribution >= 4 is 23.1 Å². The van der Waals surface area contributed by atoms with E-state index in [1.54, 1.807) is 60.7 Å². The number of ether oxygens (including phenoxy) is 1. The Morgan fingerprint density at radius 2 is 1.70 bits per heavy atom. The van der Waals surface area contributed by atoms with Crippen LogP contribution >= 0.6 is 0 Å². The summed E-state index contributed by atoms with van der Waals surface area (Å²) >= 11 is 0. The minimum absolute atomic E-state index is 0.0602. The second-order valence-corrected chi connectivity index (χ2v) is 8.72. The van der Waals surface area contributed by atoms with Gasteiger partial charge in [0, 0.05) is 11.1 Å². The third-order valence-electron chi connectivity index (χ3n) is 6.00. The van der Waals surface area contributed by atoms with Gasteiger partial charge in [-0.1, -0.05) is 48.5 Å². The van der Waals surface area contributed by atoms with Gasteiger partial charge in [0.2, 0.25) is 0 Å². The highest BCUT2D eigenvalue weighted by atomic mass is 19.4. The molecule has 4 aromatic carbocycles. The van der Waals surface area contributed by atoms with Gasteiger partial charge in [-0.3, -0.25) is 4.79 Å². The van der Waals surface area contributed by atoms with Gasteiger partial charge in [-0.2, -0.15) is 22.9 Å². The second-order valence-electron chi connectivity index (χ2n) is 8.72. The number of benzene rings is 4. The van der Waals surface area contributed by atoms with Gasteiger partial charge in [-0.25, -0.2) is 9.78 Å². The number of aromatic carboxylic acids is 1. The number of rotatable bonds is 7. The van der Waals surface area contributed by atoms with Crippen LogP contribution in [0.15, 0.2) is 107 Å². The number of nitrogens with zero attached hydrogens (tertiary/aromatic N) is 3. The van der Waals surface area contributed by atoms with Crippen LogP contribution in [0.2, 0.25) is 0 Å². The first-order valence-electron chi connectivity index (χ1n) is 12.0. The van der Waals surface area contributed by atoms with Gasteiger partial charge >= 0.3 is 12.1 Å². The van der Waals surface area contributed by atoms with Crippen LogP contribution in [-0.4, -0.2) is 27.0 Å². The van der Waals surface area contributed by atoms with Gasteiger partial charge < -0.3 is 9.84 Å². The second kappa shape index (κ2) is 10.9. The summed E-state index contributed by atoms with van der Waals surface area (Å²) in [6.07, 6.45) is -3.22. The quantitative estimate of drug-likeness (QED) is 0.245. The van der Waals surface area contributed by atoms with Crippen molar-refractivity contribution in [2.45, 2.75) is 12.8 Å². The summed E-state index contributed by atoms with van der Waals surface area (Å²) in [5, 5.41) is 13.8. The van der Waals surface area contributed by atoms with Crippen molar-refractivity contribution in [1.29, 1.82) is 0 Å². The highest BCUT2D eigenvalue weighted by Gasteiger charge is 2.31. The predicted octanol–water partition coefficient (Wildman–Crippen LogP) is 6.24. The lowest BCUT2D eigenvalue weighted by molar-refractivity contribution is -0.137. The van der Waals surface area contributed by atoms with E-state index in [1.807, 2.05) is 0 Å². The maximum Gasteiger partial charge on any atom is 0.416 e. The minimum atomic E-state index is -4.58. The average Bonchev–Trinajstić information content (AvgIpc) is 2.96. The first-order valence-corrected chi connectivity index (χ1v) is 12.0. The van der Waals surface area contributed by atoms with E-state index in [9.17, 15) is 27.9 Å². The molecule has 40 heavy (non-hydrogen) atoms. The Bertz CT molecular complexity index is 1810. The number of fused-ring (bicyclic) bond motifs is 1. The standard InChI is InChI=1S/C30H20F3N3O4/c31-30(32,33)23-11-6-9-20(16-23)27-35-25-13-3-2-12-24(25)28(37)36(27)34-17-22-8-1-4-14-26(22)40-18-19-7-5-10-21(15-19)29(38)39/h1-17H,18H2,(H,38,39). The molecule has 0 fully saturated rings. The Balaban J connectivity index is 1.54. The third-order valence-corrected chi connectivity index (χ3v) is 6.00. The van der Waals surface area contributed by atoms with Crippen LogP contribution in [0.5, 0.6) is 5.75 Å². The molecule has 5 aromatic rings. The zero-order valence-corrected chi connectivity index (χ0v) is 20.7. The van der Waals surface area contributed by atoms with E-state index in [1.165, 1.54) is 30.5 Å². The summed E-state index contributed by atoms with van der Waals surface area (Å²) in [6, 6.07) is 24.2. The predicted molar refractivity (Wildman–Crippen MR) is 144 cm³/mol. The number of carbonyl (C=O) groups is 1. The number of alkyl halides is 3. The molecule has 0 radical (unpaired) electrons. The SMILES string of the molecule is O=C(O)c1cccc(COc2ccccc2C=Nn2c(-c3cccc(C(F)(F)F)c3)nc3ccccc3c2=O)c1. The normalized spacial score (nSPS) is 11.7. The maximum absolute atomic E-state index is 13.4. The van der Waals surface area contributed by atoms with Crippen LogP contribution in [0.25, 0.3) is 22.3 Å². The summed E-state index contributed by atoms with van der Waals surface area (Å²) in [5.41, 5.74) is 0.185. The van der Waals surface area contributed by atoms with E-state index >= 15 is 0 Å². The molecule has 0 saturated carbocycles. The molecule has 0 bridgehead atoms. The van der Waals surface area contributed by atoms with E-state index in [-0.39, 0.29) is 28.9 Å². The molecule has 0 aliphatic carbocycles. The smallest absolute Gasteiger partial charge is 0.416 e. The molecule has 5 rings (SSSR count). The van der Waals surface area contributed by atoms with Crippen molar-refractivity contribution in [1.82, 2.24) is 9.66 Å². The van der Waals surface area contributed by atoms with Crippen molar-refractivity contribution < 1.29 is 27.8 Å². The molecule has 0 spiro atoms. The van der Waals surface area contributed by atoms with Crippen LogP contribution in [0.3, 0.4) is 0 Å². The molecule has 200 valence electrons. The first kappa shape index (κ1) is 26.4. The molecule has 7 nitrogen and oxygen atoms in total. The Morgan fingerprint density at radius 1 is 0.950 bits per heavy atom. The van der Waals surface area contributed by atoms with Crippen molar-refractivity contribution in [2.75, 3.05) is 0 Å². The van der Waals surface area contributed by atoms with Crippen LogP contribution in [-0.2, 0) is 12.8 Å². The molecular formula is C30H20F3N3O4. The summed E-state index contributed by atoms with van der Waals surface area (Å²) in [6.45, 7) is 0.0684. The number of halogens is 3. The largest absolute Gasteiger partial charge is 0.488 e. The number of carboxylic acid groups (broad SMARTS) is 1. The molecule has 0 atom stereocenters. The third kappa shape index (κ3) is 5.60. The van der Waals surface area contributed by atoms with Gasteiger partial charge in [-0.05, 0) is 54.1 Å². The molecule has 0 unspecified atom stereocenters. The van der Waals surface area contributed by atoms with Gasteiger partial charge in [-0.15, -0.1) is 0 Å². The highest BCUT2D eigenvalue weighted by Crippen LogP contribution is 2.32. The molecule has 10 heteroatoms. The van der Waals surface area contributed by atoms with E-state index in [0.29, 0.717) is 22.4 Å². The molecule has 1 N–H and O–H groups in total. The van der Waals surface area contributed by atoms with Crippen LogP contribution < -0.4 is 10.3 Å². The van der Waals surface area contributed by atoms with E-state index in [2.05, 4.69) is 10.1 Å². The summed E-state index contributed by atoms with van der Waals surface area (Å²) in [5.74, 6) is -0.718. The molecule has 1 heterocycles. The van der Waals surface area contributed by atoms with Gasteiger partial charge in [0.05, 0.1) is 28.2 Å². The lowest BCUT2D eigenvalue weighted by Crippen LogP contribution is -2.20. The van der Waals surface area contributed by atoms with Gasteiger partial charge in [0.15, 0.2) is 5.82 Å². The lowest BCUT2D eigenvalue weighted by Gasteiger charge is -2.12. The Kier molecular flexibility index (Phi) is 7.15. The molecule has 0 aliphatic heterocycles. The summed E-state index contributed by atoms with van der Waals surface area (Å²) < 4.78 is 47.1. The molecule has 0 aliphatic rings. The number of aromatic nitrogens is 2. The van der Waals surface area contributed by atoms with Crippen molar-refractivity contribution in [2.24, 2.45) is 5.10 Å². The molecule has 0 amide bonds. The van der Waals surface area contributed by atoms with Crippen LogP contribution in [0.1, 0.15) is 27.0 Å². The van der Waals surface area contributed by atoms with Crippen LogP contribution in [0, 0.1) is 0 Å². The average molecular weight is 544 g/mol. The molecular weight excluding hydrogens is 523 g/mol. The highest BCUT2D eigenvalue weighted by molar-refractivity contribution is 5.87. The Labute approximate surface area is 225 Å². The van der Waals surface area contributed by atoms with E-state index < -0.39 is 23.3 Å². The Morgan fingerprint density at radius 3 is 2.50 bits per heavy atom. The van der Waals surface area contributed by atoms with Crippen molar-refractivity contribution in [3.8, 4) is 17.1 Å². The van der Waals surface area contributed by atoms with E-state index in [4.69, 9.17) is 4.74 Å². The summed E-state index contributed by atoms with van der Waals surface area (Å²) in [4.78, 5) is 29.1. The fourth-order valence-electron chi connectivity index (χ4n) is 4.05.